The number of halogens is 1. The van der Waals surface area contributed by atoms with E-state index in [0.717, 1.165) is 0 Å². The van der Waals surface area contributed by atoms with E-state index in [1.807, 2.05) is 0 Å². The lowest BCUT2D eigenvalue weighted by molar-refractivity contribution is 0.247. The van der Waals surface area contributed by atoms with Gasteiger partial charge in [-0.1, -0.05) is 11.6 Å². The second-order valence-corrected chi connectivity index (χ2v) is 4.98. The van der Waals surface area contributed by atoms with Gasteiger partial charge in [-0.2, -0.15) is 0 Å². The molecule has 0 radical (unpaired) electrons. The number of primary amides is 1. The summed E-state index contributed by atoms with van der Waals surface area (Å²) < 4.78 is 28.4. The zero-order valence-corrected chi connectivity index (χ0v) is 10.3. The molecule has 0 heterocycles. The van der Waals surface area contributed by atoms with Crippen molar-refractivity contribution in [1.29, 1.82) is 0 Å². The Morgan fingerprint density at radius 3 is 2.65 bits per heavy atom. The van der Waals surface area contributed by atoms with E-state index in [1.165, 1.54) is 25.3 Å². The third-order valence-corrected chi connectivity index (χ3v) is 3.23. The molecule has 1 aromatic rings. The van der Waals surface area contributed by atoms with E-state index >= 15 is 0 Å². The van der Waals surface area contributed by atoms with Gasteiger partial charge in [-0.05, 0) is 18.2 Å². The summed E-state index contributed by atoms with van der Waals surface area (Å²) in [7, 11) is -2.68. The largest absolute Gasteiger partial charge is 0.495 e. The Morgan fingerprint density at radius 2 is 2.12 bits per heavy atom. The molecule has 0 spiro atoms. The van der Waals surface area contributed by atoms with Crippen LogP contribution < -0.4 is 20.7 Å². The van der Waals surface area contributed by atoms with E-state index in [-0.39, 0.29) is 15.7 Å². The molecule has 0 aliphatic rings. The molecule has 0 aromatic heterocycles. The number of urea groups is 1. The van der Waals surface area contributed by atoms with Crippen LogP contribution in [0.3, 0.4) is 0 Å². The fourth-order valence-corrected chi connectivity index (χ4v) is 2.31. The maximum atomic E-state index is 11.7. The molecule has 9 heteroatoms. The lowest BCUT2D eigenvalue weighted by atomic mass is 10.3. The molecule has 94 valence electrons. The average molecular weight is 280 g/mol. The molecule has 1 aromatic carbocycles. The number of sulfonamides is 1. The Bertz CT molecular complexity index is 532. The maximum Gasteiger partial charge on any atom is 0.327 e. The number of methoxy groups -OCH3 is 1. The number of nitrogens with one attached hydrogen (secondary N) is 2. The number of carbonyl (C=O) groups is 1. The highest BCUT2D eigenvalue weighted by molar-refractivity contribution is 7.89. The van der Waals surface area contributed by atoms with E-state index in [0.29, 0.717) is 0 Å². The fourth-order valence-electron chi connectivity index (χ4n) is 1.03. The van der Waals surface area contributed by atoms with Crippen LogP contribution >= 0.6 is 11.6 Å². The zero-order valence-electron chi connectivity index (χ0n) is 8.73. The van der Waals surface area contributed by atoms with Crippen molar-refractivity contribution in [2.24, 2.45) is 5.73 Å². The lowest BCUT2D eigenvalue weighted by Gasteiger charge is -2.10. The maximum absolute atomic E-state index is 11.7. The van der Waals surface area contributed by atoms with Gasteiger partial charge in [-0.3, -0.25) is 5.43 Å². The monoisotopic (exact) mass is 279 g/mol. The van der Waals surface area contributed by atoms with Crippen LogP contribution in [0.1, 0.15) is 0 Å². The summed E-state index contributed by atoms with van der Waals surface area (Å²) in [6, 6.07) is 3.02. The fraction of sp³-hybridized carbons (Fsp3) is 0.125. The van der Waals surface area contributed by atoms with Crippen LogP contribution in [0.15, 0.2) is 23.1 Å². The summed E-state index contributed by atoms with van der Waals surface area (Å²) in [5.74, 6) is 0.0909. The minimum atomic E-state index is -3.99. The highest BCUT2D eigenvalue weighted by Crippen LogP contribution is 2.26. The second kappa shape index (κ2) is 5.21. The van der Waals surface area contributed by atoms with Crippen molar-refractivity contribution in [3.05, 3.63) is 23.2 Å². The minimum Gasteiger partial charge on any atom is -0.495 e. The molecule has 0 saturated heterocycles. The Labute approximate surface area is 103 Å². The van der Waals surface area contributed by atoms with Gasteiger partial charge in [0.1, 0.15) is 10.6 Å². The first-order chi connectivity index (χ1) is 7.86. The van der Waals surface area contributed by atoms with Gasteiger partial charge in [0, 0.05) is 5.02 Å². The molecule has 0 atom stereocenters. The highest BCUT2D eigenvalue weighted by atomic mass is 35.5. The molecule has 0 saturated carbocycles. The molecular formula is C8H10ClN3O4S. The zero-order chi connectivity index (χ0) is 13.1. The molecule has 2 amide bonds. The van der Waals surface area contributed by atoms with Crippen LogP contribution in [0.5, 0.6) is 5.75 Å². The smallest absolute Gasteiger partial charge is 0.327 e. The van der Waals surface area contributed by atoms with Crippen molar-refractivity contribution >= 4 is 27.7 Å². The first-order valence-electron chi connectivity index (χ1n) is 4.27. The third kappa shape index (κ3) is 3.48. The number of hydrogen-bond acceptors (Lipinski definition) is 4. The normalized spacial score (nSPS) is 10.9. The van der Waals surface area contributed by atoms with Crippen molar-refractivity contribution in [2.75, 3.05) is 7.11 Å². The van der Waals surface area contributed by atoms with Gasteiger partial charge in [-0.15, -0.1) is 4.83 Å². The highest BCUT2D eigenvalue weighted by Gasteiger charge is 2.20. The van der Waals surface area contributed by atoms with Crippen molar-refractivity contribution in [2.45, 2.75) is 4.90 Å². The molecule has 0 aliphatic carbocycles. The summed E-state index contributed by atoms with van der Waals surface area (Å²) in [6.07, 6.45) is 0. The van der Waals surface area contributed by atoms with E-state index in [9.17, 15) is 13.2 Å². The van der Waals surface area contributed by atoms with Gasteiger partial charge >= 0.3 is 6.03 Å². The number of benzene rings is 1. The van der Waals surface area contributed by atoms with E-state index < -0.39 is 16.1 Å². The van der Waals surface area contributed by atoms with Gasteiger partial charge < -0.3 is 10.5 Å². The molecule has 1 rings (SSSR count). The molecule has 4 N–H and O–H groups in total. The summed E-state index contributed by atoms with van der Waals surface area (Å²) in [4.78, 5) is 12.0. The SMILES string of the molecule is COc1ccc(Cl)cc1S(=O)(=O)NNC(N)=O. The third-order valence-electron chi connectivity index (χ3n) is 1.72. The van der Waals surface area contributed by atoms with Crippen LogP contribution in [0.2, 0.25) is 5.02 Å². The quantitative estimate of drug-likeness (QED) is 0.684. The summed E-state index contributed by atoms with van der Waals surface area (Å²) in [6.45, 7) is 0. The molecule has 0 fully saturated rings. The van der Waals surface area contributed by atoms with Crippen LogP contribution in [0.25, 0.3) is 0 Å². The van der Waals surface area contributed by atoms with Crippen LogP contribution in [0.4, 0.5) is 4.79 Å². The van der Waals surface area contributed by atoms with Crippen LogP contribution in [-0.2, 0) is 10.0 Å². The topological polar surface area (TPSA) is 111 Å². The average Bonchev–Trinajstić information content (AvgIpc) is 2.26. The van der Waals surface area contributed by atoms with E-state index in [1.54, 1.807) is 10.3 Å². The Kier molecular flexibility index (Phi) is 4.16. The summed E-state index contributed by atoms with van der Waals surface area (Å²) >= 11 is 5.68. The minimum absolute atomic E-state index is 0.0909. The number of amides is 2. The number of ether oxygens (including phenoxy) is 1. The molecule has 0 aliphatic heterocycles. The Hall–Kier alpha value is -1.51. The molecule has 7 nitrogen and oxygen atoms in total. The van der Waals surface area contributed by atoms with Gasteiger partial charge in [-0.25, -0.2) is 13.2 Å². The van der Waals surface area contributed by atoms with Crippen molar-refractivity contribution in [3.8, 4) is 5.75 Å². The number of rotatable bonds is 4. The molecule has 17 heavy (non-hydrogen) atoms. The number of hydrazine groups is 1. The summed E-state index contributed by atoms with van der Waals surface area (Å²) in [5.41, 5.74) is 6.50. The van der Waals surface area contributed by atoms with Gasteiger partial charge in [0.25, 0.3) is 10.0 Å². The Morgan fingerprint density at radius 1 is 1.47 bits per heavy atom. The first kappa shape index (κ1) is 13.6. The van der Waals surface area contributed by atoms with Crippen LogP contribution in [0, 0.1) is 0 Å². The number of carbonyl (C=O) groups excluding carboxylic acids is 1. The molecule has 0 unspecified atom stereocenters. The van der Waals surface area contributed by atoms with Gasteiger partial charge in [0.05, 0.1) is 7.11 Å². The van der Waals surface area contributed by atoms with E-state index in [2.05, 4.69) is 0 Å². The van der Waals surface area contributed by atoms with Gasteiger partial charge in [0.15, 0.2) is 0 Å². The molecule has 0 bridgehead atoms. The van der Waals surface area contributed by atoms with Gasteiger partial charge in [0.2, 0.25) is 0 Å². The van der Waals surface area contributed by atoms with Crippen molar-refractivity contribution < 1.29 is 17.9 Å². The first-order valence-corrected chi connectivity index (χ1v) is 6.13. The number of hydrogen-bond donors (Lipinski definition) is 3. The van der Waals surface area contributed by atoms with E-state index in [4.69, 9.17) is 22.1 Å². The molecular weight excluding hydrogens is 270 g/mol. The predicted octanol–water partition coefficient (Wildman–Crippen LogP) is 0.210. The number of nitrogens with two attached hydrogens (primary N) is 1. The second-order valence-electron chi connectivity index (χ2n) is 2.89. The summed E-state index contributed by atoms with van der Waals surface area (Å²) in [5, 5.41) is 0.213. The van der Waals surface area contributed by atoms with Crippen molar-refractivity contribution in [3.63, 3.8) is 0 Å². The Balaban J connectivity index is 3.13. The predicted molar refractivity (Wildman–Crippen MR) is 61.0 cm³/mol. The standard InChI is InChI=1S/C8H10ClN3O4S/c1-16-6-3-2-5(9)4-7(6)17(14,15)12-11-8(10)13/h2-4,12H,1H3,(H3,10,11,13). The lowest BCUT2D eigenvalue weighted by Crippen LogP contribution is -2.44. The van der Waals surface area contributed by atoms with Crippen LogP contribution in [-0.4, -0.2) is 21.6 Å². The van der Waals surface area contributed by atoms with Crippen molar-refractivity contribution in [1.82, 2.24) is 10.3 Å².